The van der Waals surface area contributed by atoms with E-state index in [2.05, 4.69) is 20.6 Å². The van der Waals surface area contributed by atoms with Crippen molar-refractivity contribution in [1.29, 1.82) is 0 Å². The zero-order valence-electron chi connectivity index (χ0n) is 15.1. The van der Waals surface area contributed by atoms with Crippen LogP contribution in [0.2, 0.25) is 0 Å². The molecule has 3 rings (SSSR count). The molecule has 0 aliphatic carbocycles. The molecule has 0 spiro atoms. The number of fused-ring (bicyclic) bond motifs is 1. The number of hydrogen-bond donors (Lipinski definition) is 2. The van der Waals surface area contributed by atoms with Gasteiger partial charge in [0.2, 0.25) is 5.91 Å². The minimum Gasteiger partial charge on any atom is -0.497 e. The van der Waals surface area contributed by atoms with Gasteiger partial charge in [-0.05, 0) is 43.7 Å². The lowest BCUT2D eigenvalue weighted by Crippen LogP contribution is -2.39. The Bertz CT molecular complexity index is 890. The van der Waals surface area contributed by atoms with Gasteiger partial charge < -0.3 is 15.4 Å². The molecule has 134 valence electrons. The summed E-state index contributed by atoms with van der Waals surface area (Å²) in [4.78, 5) is 21.1. The van der Waals surface area contributed by atoms with Crippen molar-refractivity contribution in [3.05, 3.63) is 60.4 Å². The number of rotatable bonds is 6. The van der Waals surface area contributed by atoms with Crippen LogP contribution in [0.5, 0.6) is 5.75 Å². The Hall–Kier alpha value is -3.15. The maximum Gasteiger partial charge on any atom is 0.242 e. The number of carbonyl (C=O) groups excluding carboxylic acids is 1. The standard InChI is InChI=1S/C20H22N4O2/c1-13(15-8-10-16(26-3)11-9-15)24-20(25)14(2)23-19-17-6-4-5-7-18(17)21-12-22-19/h4-14H,1-3H3,(H,24,25)(H,21,22,23). The van der Waals surface area contributed by atoms with Crippen molar-refractivity contribution >= 4 is 22.6 Å². The molecular formula is C20H22N4O2. The predicted octanol–water partition coefficient (Wildman–Crippen LogP) is 3.32. The Balaban J connectivity index is 1.67. The van der Waals surface area contributed by atoms with E-state index >= 15 is 0 Å². The molecule has 0 saturated heterocycles. The van der Waals surface area contributed by atoms with Gasteiger partial charge in [0.1, 0.15) is 23.9 Å². The van der Waals surface area contributed by atoms with Crippen LogP contribution in [0.25, 0.3) is 10.9 Å². The van der Waals surface area contributed by atoms with E-state index in [-0.39, 0.29) is 11.9 Å². The molecule has 2 atom stereocenters. The van der Waals surface area contributed by atoms with Crippen LogP contribution in [0.1, 0.15) is 25.5 Å². The van der Waals surface area contributed by atoms with Gasteiger partial charge in [-0.25, -0.2) is 9.97 Å². The number of nitrogens with zero attached hydrogens (tertiary/aromatic N) is 2. The lowest BCUT2D eigenvalue weighted by molar-refractivity contribution is -0.122. The highest BCUT2D eigenvalue weighted by Crippen LogP contribution is 2.20. The topological polar surface area (TPSA) is 76.1 Å². The second-order valence-corrected chi connectivity index (χ2v) is 6.11. The highest BCUT2D eigenvalue weighted by Gasteiger charge is 2.17. The Kier molecular flexibility index (Phi) is 5.31. The minimum absolute atomic E-state index is 0.101. The molecule has 0 fully saturated rings. The molecule has 6 heteroatoms. The van der Waals surface area contributed by atoms with Crippen molar-refractivity contribution < 1.29 is 9.53 Å². The van der Waals surface area contributed by atoms with E-state index in [0.717, 1.165) is 22.2 Å². The van der Waals surface area contributed by atoms with E-state index in [1.165, 1.54) is 6.33 Å². The molecule has 0 bridgehead atoms. The molecule has 0 aliphatic heterocycles. The maximum atomic E-state index is 12.5. The molecule has 3 aromatic rings. The quantitative estimate of drug-likeness (QED) is 0.713. The van der Waals surface area contributed by atoms with Crippen molar-refractivity contribution in [1.82, 2.24) is 15.3 Å². The molecule has 1 amide bonds. The third kappa shape index (κ3) is 3.91. The van der Waals surface area contributed by atoms with Gasteiger partial charge in [-0.15, -0.1) is 0 Å². The average molecular weight is 350 g/mol. The fourth-order valence-electron chi connectivity index (χ4n) is 2.70. The SMILES string of the molecule is COc1ccc(C(C)NC(=O)C(C)Nc2ncnc3ccccc23)cc1. The fraction of sp³-hybridized carbons (Fsp3) is 0.250. The largest absolute Gasteiger partial charge is 0.497 e. The molecule has 1 aromatic heterocycles. The second kappa shape index (κ2) is 7.82. The zero-order chi connectivity index (χ0) is 18.5. The molecule has 0 radical (unpaired) electrons. The highest BCUT2D eigenvalue weighted by atomic mass is 16.5. The van der Waals surface area contributed by atoms with Crippen LogP contribution in [0.3, 0.4) is 0 Å². The Morgan fingerprint density at radius 2 is 1.77 bits per heavy atom. The summed E-state index contributed by atoms with van der Waals surface area (Å²) in [6, 6.07) is 14.8. The van der Waals surface area contributed by atoms with Crippen molar-refractivity contribution in [2.45, 2.75) is 25.9 Å². The van der Waals surface area contributed by atoms with Gasteiger partial charge in [-0.1, -0.05) is 24.3 Å². The van der Waals surface area contributed by atoms with Crippen molar-refractivity contribution in [2.75, 3.05) is 12.4 Å². The number of para-hydroxylation sites is 1. The van der Waals surface area contributed by atoms with Gasteiger partial charge in [-0.3, -0.25) is 4.79 Å². The first-order valence-electron chi connectivity index (χ1n) is 8.49. The number of anilines is 1. The summed E-state index contributed by atoms with van der Waals surface area (Å²) in [7, 11) is 1.63. The molecule has 2 aromatic carbocycles. The summed E-state index contributed by atoms with van der Waals surface area (Å²) in [5.74, 6) is 1.34. The minimum atomic E-state index is -0.436. The van der Waals surface area contributed by atoms with E-state index in [1.807, 2.05) is 62.4 Å². The van der Waals surface area contributed by atoms with E-state index in [4.69, 9.17) is 4.74 Å². The zero-order valence-corrected chi connectivity index (χ0v) is 15.1. The summed E-state index contributed by atoms with van der Waals surface area (Å²) in [6.07, 6.45) is 1.50. The lowest BCUT2D eigenvalue weighted by Gasteiger charge is -2.20. The van der Waals surface area contributed by atoms with Crippen LogP contribution in [-0.4, -0.2) is 29.0 Å². The molecule has 26 heavy (non-hydrogen) atoms. The average Bonchev–Trinajstić information content (AvgIpc) is 2.68. The van der Waals surface area contributed by atoms with E-state index in [0.29, 0.717) is 5.82 Å². The number of nitrogens with one attached hydrogen (secondary N) is 2. The summed E-state index contributed by atoms with van der Waals surface area (Å²) in [6.45, 7) is 3.76. The highest BCUT2D eigenvalue weighted by molar-refractivity contribution is 5.91. The van der Waals surface area contributed by atoms with Gasteiger partial charge in [0.15, 0.2) is 0 Å². The number of hydrogen-bond acceptors (Lipinski definition) is 5. The predicted molar refractivity (Wildman–Crippen MR) is 102 cm³/mol. The number of aromatic nitrogens is 2. The third-order valence-corrected chi connectivity index (χ3v) is 4.26. The maximum absolute atomic E-state index is 12.5. The van der Waals surface area contributed by atoms with Gasteiger partial charge >= 0.3 is 0 Å². The monoisotopic (exact) mass is 350 g/mol. The number of benzene rings is 2. The van der Waals surface area contributed by atoms with Gasteiger partial charge in [0.05, 0.1) is 18.7 Å². The molecule has 0 aliphatic rings. The summed E-state index contributed by atoms with van der Waals surface area (Å²) in [5, 5.41) is 7.08. The first-order valence-corrected chi connectivity index (χ1v) is 8.49. The molecule has 0 saturated carbocycles. The van der Waals surface area contributed by atoms with Crippen LogP contribution in [0, 0.1) is 0 Å². The molecular weight excluding hydrogens is 328 g/mol. The van der Waals surface area contributed by atoms with Crippen LogP contribution in [0.4, 0.5) is 5.82 Å². The van der Waals surface area contributed by atoms with E-state index in [1.54, 1.807) is 7.11 Å². The summed E-state index contributed by atoms with van der Waals surface area (Å²) >= 11 is 0. The van der Waals surface area contributed by atoms with Crippen molar-refractivity contribution in [3.63, 3.8) is 0 Å². The normalized spacial score (nSPS) is 13.0. The Morgan fingerprint density at radius 1 is 1.04 bits per heavy atom. The number of ether oxygens (including phenoxy) is 1. The molecule has 2 unspecified atom stereocenters. The fourth-order valence-corrected chi connectivity index (χ4v) is 2.70. The van der Waals surface area contributed by atoms with Gasteiger partial charge in [0, 0.05) is 5.39 Å². The third-order valence-electron chi connectivity index (χ3n) is 4.26. The molecule has 6 nitrogen and oxygen atoms in total. The molecule has 1 heterocycles. The first kappa shape index (κ1) is 17.7. The smallest absolute Gasteiger partial charge is 0.242 e. The number of carbonyl (C=O) groups is 1. The summed E-state index contributed by atoms with van der Waals surface area (Å²) in [5.41, 5.74) is 1.85. The Morgan fingerprint density at radius 3 is 2.50 bits per heavy atom. The van der Waals surface area contributed by atoms with Gasteiger partial charge in [-0.2, -0.15) is 0 Å². The van der Waals surface area contributed by atoms with Crippen molar-refractivity contribution in [2.24, 2.45) is 0 Å². The van der Waals surface area contributed by atoms with Crippen LogP contribution >= 0.6 is 0 Å². The van der Waals surface area contributed by atoms with Crippen LogP contribution < -0.4 is 15.4 Å². The van der Waals surface area contributed by atoms with Crippen LogP contribution in [0.15, 0.2) is 54.9 Å². The van der Waals surface area contributed by atoms with Crippen molar-refractivity contribution in [3.8, 4) is 5.75 Å². The van der Waals surface area contributed by atoms with E-state index < -0.39 is 6.04 Å². The summed E-state index contributed by atoms with van der Waals surface area (Å²) < 4.78 is 5.16. The molecule has 2 N–H and O–H groups in total. The number of methoxy groups -OCH3 is 1. The number of amides is 1. The second-order valence-electron chi connectivity index (χ2n) is 6.11. The van der Waals surface area contributed by atoms with Crippen LogP contribution in [-0.2, 0) is 4.79 Å². The Labute approximate surface area is 152 Å². The first-order chi connectivity index (χ1) is 12.6. The van der Waals surface area contributed by atoms with Gasteiger partial charge in [0.25, 0.3) is 0 Å². The lowest BCUT2D eigenvalue weighted by atomic mass is 10.1. The van der Waals surface area contributed by atoms with E-state index in [9.17, 15) is 4.79 Å².